The minimum Gasteiger partial charge on any atom is -0.467 e. The van der Waals surface area contributed by atoms with Crippen LogP contribution < -0.4 is 5.32 Å². The highest BCUT2D eigenvalue weighted by Crippen LogP contribution is 2.49. The van der Waals surface area contributed by atoms with Crippen molar-refractivity contribution >= 4 is 17.7 Å². The minimum absolute atomic E-state index is 0.273. The minimum atomic E-state index is -1.49. The van der Waals surface area contributed by atoms with Gasteiger partial charge in [0.2, 0.25) is 11.4 Å². The first-order valence-corrected chi connectivity index (χ1v) is 7.32. The molecule has 0 spiro atoms. The third-order valence-electron chi connectivity index (χ3n) is 4.23. The zero-order chi connectivity index (χ0) is 16.6. The lowest BCUT2D eigenvalue weighted by Crippen LogP contribution is -2.50. The van der Waals surface area contributed by atoms with Crippen molar-refractivity contribution in [3.63, 3.8) is 0 Å². The Labute approximate surface area is 133 Å². The molecule has 120 valence electrons. The average molecular weight is 315 g/mol. The number of methoxy groups -OCH3 is 1. The third-order valence-corrected chi connectivity index (χ3v) is 4.23. The second-order valence-corrected chi connectivity index (χ2v) is 5.72. The fourth-order valence-electron chi connectivity index (χ4n) is 2.91. The summed E-state index contributed by atoms with van der Waals surface area (Å²) >= 11 is 0. The number of epoxide rings is 1. The van der Waals surface area contributed by atoms with E-state index in [0.29, 0.717) is 12.0 Å². The number of ether oxygens (including phenoxy) is 2. The summed E-state index contributed by atoms with van der Waals surface area (Å²) in [5, 5.41) is 2.59. The van der Waals surface area contributed by atoms with Crippen molar-refractivity contribution in [2.24, 2.45) is 0 Å². The van der Waals surface area contributed by atoms with Crippen molar-refractivity contribution in [2.75, 3.05) is 7.11 Å². The molecule has 1 aromatic carbocycles. The molecule has 1 saturated heterocycles. The van der Waals surface area contributed by atoms with Gasteiger partial charge in [0.1, 0.15) is 12.1 Å². The predicted molar refractivity (Wildman–Crippen MR) is 80.5 cm³/mol. The van der Waals surface area contributed by atoms with E-state index in [1.54, 1.807) is 0 Å². The van der Waals surface area contributed by atoms with Gasteiger partial charge in [0.05, 0.1) is 7.11 Å². The van der Waals surface area contributed by atoms with Crippen molar-refractivity contribution < 1.29 is 23.9 Å². The lowest BCUT2D eigenvalue weighted by atomic mass is 10.0. The van der Waals surface area contributed by atoms with Crippen LogP contribution in [0.1, 0.15) is 12.0 Å². The van der Waals surface area contributed by atoms with Crippen LogP contribution in [0.2, 0.25) is 0 Å². The molecule has 1 aliphatic carbocycles. The molecule has 2 fully saturated rings. The van der Waals surface area contributed by atoms with Crippen LogP contribution in [0, 0.1) is 0 Å². The molecule has 1 saturated carbocycles. The monoisotopic (exact) mass is 315 g/mol. The van der Waals surface area contributed by atoms with Crippen LogP contribution in [0.5, 0.6) is 0 Å². The maximum Gasteiger partial charge on any atom is 0.328 e. The molecule has 1 heterocycles. The van der Waals surface area contributed by atoms with Crippen LogP contribution in [0.3, 0.4) is 0 Å². The van der Waals surface area contributed by atoms with Crippen LogP contribution in [0.4, 0.5) is 0 Å². The van der Waals surface area contributed by atoms with E-state index in [1.165, 1.54) is 7.11 Å². The Hall–Kier alpha value is -2.47. The van der Waals surface area contributed by atoms with Gasteiger partial charge in [-0.05, 0) is 11.1 Å². The van der Waals surface area contributed by atoms with Gasteiger partial charge in [0.25, 0.3) is 5.91 Å². The molecule has 1 aromatic rings. The standard InChI is InChI=1S/C17H17NO5/c1-10-8-13-17(23-13,14(10)19)16(21)18-12(15(20)22-2)9-11-6-4-3-5-7-11/h3-7,12-13H,1,8-9H2,2H3,(H,18,21)/t12-,13?,17?/m0/s1. The van der Waals surface area contributed by atoms with E-state index in [-0.39, 0.29) is 6.42 Å². The van der Waals surface area contributed by atoms with Crippen molar-refractivity contribution in [3.8, 4) is 0 Å². The SMILES string of the molecule is C=C1CC2OC2(C(=O)N[C@@H](Cc2ccccc2)C(=O)OC)C1=O. The van der Waals surface area contributed by atoms with Crippen molar-refractivity contribution in [1.29, 1.82) is 0 Å². The second-order valence-electron chi connectivity index (χ2n) is 5.72. The topological polar surface area (TPSA) is 85.0 Å². The number of Topliss-reactive ketones (excluding diaryl/α,β-unsaturated/α-hetero) is 1. The van der Waals surface area contributed by atoms with E-state index in [2.05, 4.69) is 11.9 Å². The van der Waals surface area contributed by atoms with Gasteiger partial charge in [-0.3, -0.25) is 9.59 Å². The van der Waals surface area contributed by atoms with Gasteiger partial charge in [-0.2, -0.15) is 0 Å². The average Bonchev–Trinajstić information content (AvgIpc) is 3.22. The zero-order valence-corrected chi connectivity index (χ0v) is 12.7. The number of hydrogen-bond donors (Lipinski definition) is 1. The van der Waals surface area contributed by atoms with E-state index < -0.39 is 35.4 Å². The quantitative estimate of drug-likeness (QED) is 0.371. The molecule has 6 nitrogen and oxygen atoms in total. The Morgan fingerprint density at radius 3 is 2.70 bits per heavy atom. The summed E-state index contributed by atoms with van der Waals surface area (Å²) in [5.41, 5.74) is -0.231. The zero-order valence-electron chi connectivity index (χ0n) is 12.7. The summed E-state index contributed by atoms with van der Waals surface area (Å²) in [4.78, 5) is 36.5. The van der Waals surface area contributed by atoms with E-state index in [1.807, 2.05) is 30.3 Å². The molecule has 23 heavy (non-hydrogen) atoms. The maximum absolute atomic E-state index is 12.5. The first kappa shape index (κ1) is 15.4. The molecule has 0 bridgehead atoms. The van der Waals surface area contributed by atoms with E-state index in [0.717, 1.165) is 5.56 Å². The lowest BCUT2D eigenvalue weighted by Gasteiger charge is -2.18. The molecule has 1 N–H and O–H groups in total. The Bertz CT molecular complexity index is 683. The molecule has 1 amide bonds. The third kappa shape index (κ3) is 2.55. The highest BCUT2D eigenvalue weighted by atomic mass is 16.6. The number of carbonyl (C=O) groups excluding carboxylic acids is 3. The maximum atomic E-state index is 12.5. The number of fused-ring (bicyclic) bond motifs is 1. The molecule has 3 atom stereocenters. The fraction of sp³-hybridized carbons (Fsp3) is 0.353. The Balaban J connectivity index is 1.74. The Morgan fingerprint density at radius 1 is 1.43 bits per heavy atom. The Morgan fingerprint density at radius 2 is 2.13 bits per heavy atom. The first-order chi connectivity index (χ1) is 11.0. The van der Waals surface area contributed by atoms with Crippen LogP contribution in [0.25, 0.3) is 0 Å². The number of amides is 1. The van der Waals surface area contributed by atoms with Crippen molar-refractivity contribution in [3.05, 3.63) is 48.0 Å². The summed E-state index contributed by atoms with van der Waals surface area (Å²) in [6.45, 7) is 3.64. The number of hydrogen-bond acceptors (Lipinski definition) is 5. The highest BCUT2D eigenvalue weighted by molar-refractivity contribution is 6.22. The summed E-state index contributed by atoms with van der Waals surface area (Å²) in [5.74, 6) is -1.57. The second kappa shape index (κ2) is 5.62. The van der Waals surface area contributed by atoms with Gasteiger partial charge >= 0.3 is 5.97 Å². The fourth-order valence-corrected chi connectivity index (χ4v) is 2.91. The van der Waals surface area contributed by atoms with E-state index in [4.69, 9.17) is 9.47 Å². The molecule has 3 rings (SSSR count). The normalized spacial score (nSPS) is 26.4. The number of rotatable bonds is 5. The van der Waals surface area contributed by atoms with Gasteiger partial charge in [-0.1, -0.05) is 36.9 Å². The first-order valence-electron chi connectivity index (χ1n) is 7.32. The van der Waals surface area contributed by atoms with Gasteiger partial charge in [-0.15, -0.1) is 0 Å². The van der Waals surface area contributed by atoms with E-state index in [9.17, 15) is 14.4 Å². The molecule has 2 aliphatic rings. The van der Waals surface area contributed by atoms with E-state index >= 15 is 0 Å². The van der Waals surface area contributed by atoms with Crippen LogP contribution in [0.15, 0.2) is 42.5 Å². The molecule has 6 heteroatoms. The lowest BCUT2D eigenvalue weighted by molar-refractivity contribution is -0.146. The predicted octanol–water partition coefficient (Wildman–Crippen LogP) is 0.553. The smallest absolute Gasteiger partial charge is 0.328 e. The number of esters is 1. The molecule has 1 aliphatic heterocycles. The number of carbonyl (C=O) groups is 3. The largest absolute Gasteiger partial charge is 0.467 e. The molecule has 2 unspecified atom stereocenters. The molecular formula is C17H17NO5. The molecule has 0 aromatic heterocycles. The van der Waals surface area contributed by atoms with Gasteiger partial charge in [-0.25, -0.2) is 4.79 Å². The number of ketones is 1. The summed E-state index contributed by atoms with van der Waals surface area (Å²) < 4.78 is 10.0. The Kier molecular flexibility index (Phi) is 3.77. The summed E-state index contributed by atoms with van der Waals surface area (Å²) in [7, 11) is 1.25. The number of nitrogens with one attached hydrogen (secondary N) is 1. The molecular weight excluding hydrogens is 298 g/mol. The van der Waals surface area contributed by atoms with Crippen molar-refractivity contribution in [1.82, 2.24) is 5.32 Å². The van der Waals surface area contributed by atoms with Gasteiger partial charge in [0.15, 0.2) is 0 Å². The van der Waals surface area contributed by atoms with Gasteiger partial charge in [0, 0.05) is 12.8 Å². The summed E-state index contributed by atoms with van der Waals surface area (Å²) in [6, 6.07) is 8.36. The van der Waals surface area contributed by atoms with Gasteiger partial charge < -0.3 is 14.8 Å². The number of benzene rings is 1. The van der Waals surface area contributed by atoms with Crippen LogP contribution >= 0.6 is 0 Å². The highest BCUT2D eigenvalue weighted by Gasteiger charge is 2.72. The summed E-state index contributed by atoms with van der Waals surface area (Å²) in [6.07, 6.45) is 0.167. The van der Waals surface area contributed by atoms with Crippen LogP contribution in [-0.2, 0) is 30.3 Å². The van der Waals surface area contributed by atoms with Crippen molar-refractivity contribution in [2.45, 2.75) is 30.6 Å². The van der Waals surface area contributed by atoms with Crippen LogP contribution in [-0.4, -0.2) is 42.5 Å². The molecule has 0 radical (unpaired) electrons.